The van der Waals surface area contributed by atoms with Crippen molar-refractivity contribution in [2.24, 2.45) is 0 Å². The van der Waals surface area contributed by atoms with Gasteiger partial charge in [-0.1, -0.05) is 23.7 Å². The number of carbonyl (C=O) groups excluding carboxylic acids is 1. The lowest BCUT2D eigenvalue weighted by Gasteiger charge is -2.28. The van der Waals surface area contributed by atoms with E-state index in [1.807, 2.05) is 0 Å². The molecule has 1 atom stereocenters. The summed E-state index contributed by atoms with van der Waals surface area (Å²) in [6, 6.07) is 4.14. The molecule has 0 aliphatic rings. The van der Waals surface area contributed by atoms with Gasteiger partial charge in [-0.25, -0.2) is 4.79 Å². The second-order valence-corrected chi connectivity index (χ2v) is 3.87. The molecule has 100 valence electrons. The highest BCUT2D eigenvalue weighted by Crippen LogP contribution is 2.40. The lowest BCUT2D eigenvalue weighted by molar-refractivity contribution is -0.267. The highest BCUT2D eigenvalue weighted by atomic mass is 35.5. The number of halogens is 4. The average molecular weight is 283 g/mol. The summed E-state index contributed by atoms with van der Waals surface area (Å²) >= 11 is 5.54. The summed E-state index contributed by atoms with van der Waals surface area (Å²) in [5, 5.41) is 9.85. The van der Waals surface area contributed by atoms with E-state index < -0.39 is 23.3 Å². The second-order valence-electron chi connectivity index (χ2n) is 3.44. The summed E-state index contributed by atoms with van der Waals surface area (Å²) in [7, 11) is 0. The number of hydrogen-bond acceptors (Lipinski definition) is 3. The minimum atomic E-state index is -5.19. The molecule has 3 nitrogen and oxygen atoms in total. The van der Waals surface area contributed by atoms with Crippen molar-refractivity contribution in [2.45, 2.75) is 18.7 Å². The maximum absolute atomic E-state index is 12.9. The Hall–Kier alpha value is -1.27. The van der Waals surface area contributed by atoms with Crippen LogP contribution in [0, 0.1) is 0 Å². The predicted molar refractivity (Wildman–Crippen MR) is 58.0 cm³/mol. The Morgan fingerprint density at radius 3 is 2.22 bits per heavy atom. The molecule has 0 fully saturated rings. The lowest BCUT2D eigenvalue weighted by Crippen LogP contribution is -2.50. The van der Waals surface area contributed by atoms with Gasteiger partial charge in [0, 0.05) is 10.6 Å². The highest BCUT2D eigenvalue weighted by Gasteiger charge is 2.62. The van der Waals surface area contributed by atoms with Crippen molar-refractivity contribution in [1.29, 1.82) is 0 Å². The van der Waals surface area contributed by atoms with E-state index in [9.17, 15) is 23.1 Å². The van der Waals surface area contributed by atoms with Crippen LogP contribution >= 0.6 is 11.6 Å². The van der Waals surface area contributed by atoms with Gasteiger partial charge in [0.25, 0.3) is 5.60 Å². The molecule has 18 heavy (non-hydrogen) atoms. The second kappa shape index (κ2) is 5.16. The van der Waals surface area contributed by atoms with Crippen molar-refractivity contribution in [1.82, 2.24) is 0 Å². The molecular weight excluding hydrogens is 273 g/mol. The number of alkyl halides is 3. The standard InChI is InChI=1S/C11H10ClF3O3/c1-2-18-9(16)10(17,11(13,14)15)7-3-5-8(12)6-4-7/h3-6,17H,2H2,1H3. The van der Waals surface area contributed by atoms with Gasteiger partial charge in [0.15, 0.2) is 0 Å². The molecule has 0 spiro atoms. The van der Waals surface area contributed by atoms with Crippen molar-refractivity contribution in [3.05, 3.63) is 34.9 Å². The number of rotatable bonds is 3. The molecule has 7 heteroatoms. The van der Waals surface area contributed by atoms with Crippen LogP contribution in [0.3, 0.4) is 0 Å². The first-order valence-electron chi connectivity index (χ1n) is 4.95. The molecule has 0 heterocycles. The molecule has 0 bridgehead atoms. The van der Waals surface area contributed by atoms with Gasteiger partial charge in [0.05, 0.1) is 6.61 Å². The normalized spacial score (nSPS) is 15.0. The molecule has 0 amide bonds. The molecule has 0 saturated carbocycles. The van der Waals surface area contributed by atoms with E-state index in [0.29, 0.717) is 0 Å². The predicted octanol–water partition coefficient (Wildman–Crippen LogP) is 2.65. The summed E-state index contributed by atoms with van der Waals surface area (Å²) in [4.78, 5) is 11.4. The zero-order valence-electron chi connectivity index (χ0n) is 9.29. The zero-order chi connectivity index (χ0) is 14.0. The molecule has 0 saturated heterocycles. The number of aliphatic hydroxyl groups is 1. The third kappa shape index (κ3) is 2.59. The monoisotopic (exact) mass is 282 g/mol. The van der Waals surface area contributed by atoms with E-state index in [1.54, 1.807) is 0 Å². The summed E-state index contributed by atoms with van der Waals surface area (Å²) in [5.74, 6) is -1.76. The van der Waals surface area contributed by atoms with Crippen LogP contribution in [0.25, 0.3) is 0 Å². The number of hydrogen-bond donors (Lipinski definition) is 1. The first-order chi connectivity index (χ1) is 8.23. The van der Waals surface area contributed by atoms with Crippen molar-refractivity contribution in [2.75, 3.05) is 6.61 Å². The smallest absolute Gasteiger partial charge is 0.432 e. The Labute approximate surface area is 106 Å². The van der Waals surface area contributed by atoms with Gasteiger partial charge in [0.1, 0.15) is 0 Å². The number of esters is 1. The molecular formula is C11H10ClF3O3. The maximum Gasteiger partial charge on any atom is 0.432 e. The van der Waals surface area contributed by atoms with Gasteiger partial charge in [-0.15, -0.1) is 0 Å². The van der Waals surface area contributed by atoms with Crippen LogP contribution < -0.4 is 0 Å². The lowest BCUT2D eigenvalue weighted by atomic mass is 9.93. The molecule has 0 aliphatic carbocycles. The quantitative estimate of drug-likeness (QED) is 0.867. The third-order valence-electron chi connectivity index (χ3n) is 2.24. The Balaban J connectivity index is 3.29. The summed E-state index contributed by atoms with van der Waals surface area (Å²) in [5.41, 5.74) is -4.33. The van der Waals surface area contributed by atoms with E-state index in [-0.39, 0.29) is 11.6 Å². The maximum atomic E-state index is 12.9. The van der Waals surface area contributed by atoms with Crippen molar-refractivity contribution >= 4 is 17.6 Å². The number of ether oxygens (including phenoxy) is 1. The van der Waals surface area contributed by atoms with E-state index >= 15 is 0 Å². The van der Waals surface area contributed by atoms with Crippen LogP contribution in [0.2, 0.25) is 5.02 Å². The van der Waals surface area contributed by atoms with Crippen LogP contribution in [-0.2, 0) is 15.1 Å². The SMILES string of the molecule is CCOC(=O)C(O)(c1ccc(Cl)cc1)C(F)(F)F. The van der Waals surface area contributed by atoms with Gasteiger partial charge in [-0.05, 0) is 19.1 Å². The Bertz CT molecular complexity index is 430. The average Bonchev–Trinajstić information content (AvgIpc) is 2.27. The summed E-state index contributed by atoms with van der Waals surface area (Å²) < 4.78 is 42.9. The van der Waals surface area contributed by atoms with E-state index in [2.05, 4.69) is 4.74 Å². The molecule has 0 radical (unpaired) electrons. The first-order valence-corrected chi connectivity index (χ1v) is 5.33. The third-order valence-corrected chi connectivity index (χ3v) is 2.50. The summed E-state index contributed by atoms with van der Waals surface area (Å²) in [6.45, 7) is 1.07. The van der Waals surface area contributed by atoms with Crippen molar-refractivity contribution in [3.8, 4) is 0 Å². The fourth-order valence-electron chi connectivity index (χ4n) is 1.32. The fraction of sp³-hybridized carbons (Fsp3) is 0.364. The molecule has 1 unspecified atom stereocenters. The van der Waals surface area contributed by atoms with Crippen LogP contribution in [0.15, 0.2) is 24.3 Å². The molecule has 0 aromatic heterocycles. The van der Waals surface area contributed by atoms with E-state index in [4.69, 9.17) is 11.6 Å². The molecule has 1 N–H and O–H groups in total. The fourth-order valence-corrected chi connectivity index (χ4v) is 1.45. The molecule has 0 aliphatic heterocycles. The molecule has 1 rings (SSSR count). The molecule has 1 aromatic carbocycles. The number of benzene rings is 1. The van der Waals surface area contributed by atoms with E-state index in [1.165, 1.54) is 6.92 Å². The van der Waals surface area contributed by atoms with Gasteiger partial charge >= 0.3 is 12.1 Å². The minimum Gasteiger partial charge on any atom is -0.463 e. The Morgan fingerprint density at radius 1 is 1.33 bits per heavy atom. The first kappa shape index (κ1) is 14.8. The van der Waals surface area contributed by atoms with Crippen LogP contribution in [-0.4, -0.2) is 23.9 Å². The van der Waals surface area contributed by atoms with Crippen molar-refractivity contribution < 1.29 is 27.8 Å². The van der Waals surface area contributed by atoms with Gasteiger partial charge < -0.3 is 9.84 Å². The van der Waals surface area contributed by atoms with Gasteiger partial charge in [-0.2, -0.15) is 13.2 Å². The molecule has 1 aromatic rings. The van der Waals surface area contributed by atoms with Crippen LogP contribution in [0.1, 0.15) is 12.5 Å². The van der Waals surface area contributed by atoms with E-state index in [0.717, 1.165) is 24.3 Å². The van der Waals surface area contributed by atoms with Crippen molar-refractivity contribution in [3.63, 3.8) is 0 Å². The topological polar surface area (TPSA) is 46.5 Å². The highest BCUT2D eigenvalue weighted by molar-refractivity contribution is 6.30. The largest absolute Gasteiger partial charge is 0.463 e. The summed E-state index contributed by atoms with van der Waals surface area (Å²) in [6.07, 6.45) is -5.19. The zero-order valence-corrected chi connectivity index (χ0v) is 10.0. The number of carbonyl (C=O) groups is 1. The van der Waals surface area contributed by atoms with Crippen LogP contribution in [0.5, 0.6) is 0 Å². The van der Waals surface area contributed by atoms with Gasteiger partial charge in [0.2, 0.25) is 0 Å². The Kier molecular flexibility index (Phi) is 4.24. The van der Waals surface area contributed by atoms with Gasteiger partial charge in [-0.3, -0.25) is 0 Å². The minimum absolute atomic E-state index is 0.187. The Morgan fingerprint density at radius 2 is 1.83 bits per heavy atom. The van der Waals surface area contributed by atoms with Crippen LogP contribution in [0.4, 0.5) is 13.2 Å².